The van der Waals surface area contributed by atoms with Gasteiger partial charge >= 0.3 is 6.18 Å². The molecule has 0 aliphatic carbocycles. The van der Waals surface area contributed by atoms with Crippen LogP contribution in [0.4, 0.5) is 17.6 Å². The molecule has 0 bridgehead atoms. The first-order valence-corrected chi connectivity index (χ1v) is 10.3. The molecule has 4 rings (SSSR count). The Morgan fingerprint density at radius 2 is 2.00 bits per heavy atom. The molecular formula is C23H22F4N4O. The summed E-state index contributed by atoms with van der Waals surface area (Å²) < 4.78 is 55.8. The van der Waals surface area contributed by atoms with Gasteiger partial charge in [-0.3, -0.25) is 4.79 Å². The van der Waals surface area contributed by atoms with Crippen molar-refractivity contribution in [1.82, 2.24) is 19.8 Å². The number of hydrogen-bond acceptors (Lipinski definition) is 3. The maximum Gasteiger partial charge on any atom is 0.416 e. The van der Waals surface area contributed by atoms with Crippen molar-refractivity contribution in [2.24, 2.45) is 0 Å². The number of halogens is 4. The molecule has 1 fully saturated rings. The SMILES string of the molecule is O=C1CCCN1CC(NCc1ccc(-n2ccnc2)c(F)c1)c1cccc(C(F)(F)F)c1. The molecule has 1 unspecified atom stereocenters. The molecule has 168 valence electrons. The van der Waals surface area contributed by atoms with E-state index >= 15 is 0 Å². The second kappa shape index (κ2) is 9.12. The largest absolute Gasteiger partial charge is 0.416 e. The topological polar surface area (TPSA) is 50.2 Å². The molecule has 1 aromatic heterocycles. The number of nitrogens with one attached hydrogen (secondary N) is 1. The maximum absolute atomic E-state index is 14.6. The summed E-state index contributed by atoms with van der Waals surface area (Å²) in [5.74, 6) is -0.452. The van der Waals surface area contributed by atoms with Gasteiger partial charge in [0.25, 0.3) is 0 Å². The third kappa shape index (κ3) is 4.99. The summed E-state index contributed by atoms with van der Waals surface area (Å²) in [5.41, 5.74) is 0.666. The Bertz CT molecular complexity index is 1080. The third-order valence-corrected chi connectivity index (χ3v) is 5.54. The van der Waals surface area contributed by atoms with Crippen molar-refractivity contribution in [2.75, 3.05) is 13.1 Å². The number of benzene rings is 2. The van der Waals surface area contributed by atoms with E-state index in [-0.39, 0.29) is 19.0 Å². The van der Waals surface area contributed by atoms with Gasteiger partial charge in [0.05, 0.1) is 23.6 Å². The Kier molecular flexibility index (Phi) is 6.27. The number of aromatic nitrogens is 2. The lowest BCUT2D eigenvalue weighted by Crippen LogP contribution is -2.36. The molecule has 0 spiro atoms. The number of amides is 1. The summed E-state index contributed by atoms with van der Waals surface area (Å²) in [6.45, 7) is 1.05. The van der Waals surface area contributed by atoms with Gasteiger partial charge in [0.1, 0.15) is 5.82 Å². The second-order valence-electron chi connectivity index (χ2n) is 7.76. The lowest BCUT2D eigenvalue weighted by Gasteiger charge is -2.26. The first-order chi connectivity index (χ1) is 15.3. The number of hydrogen-bond donors (Lipinski definition) is 1. The Morgan fingerprint density at radius 1 is 1.16 bits per heavy atom. The Morgan fingerprint density at radius 3 is 2.66 bits per heavy atom. The van der Waals surface area contributed by atoms with Crippen LogP contribution >= 0.6 is 0 Å². The van der Waals surface area contributed by atoms with Gasteiger partial charge in [0.2, 0.25) is 5.91 Å². The monoisotopic (exact) mass is 446 g/mol. The van der Waals surface area contributed by atoms with E-state index in [9.17, 15) is 22.4 Å². The highest BCUT2D eigenvalue weighted by molar-refractivity contribution is 5.78. The van der Waals surface area contributed by atoms with E-state index in [4.69, 9.17) is 0 Å². The second-order valence-corrected chi connectivity index (χ2v) is 7.76. The molecule has 2 aromatic carbocycles. The molecule has 1 atom stereocenters. The molecule has 5 nitrogen and oxygen atoms in total. The van der Waals surface area contributed by atoms with Crippen molar-refractivity contribution < 1.29 is 22.4 Å². The summed E-state index contributed by atoms with van der Waals surface area (Å²) in [5, 5.41) is 3.21. The quantitative estimate of drug-likeness (QED) is 0.545. The summed E-state index contributed by atoms with van der Waals surface area (Å²) in [6, 6.07) is 9.30. The Labute approximate surface area is 182 Å². The zero-order valence-corrected chi connectivity index (χ0v) is 17.1. The molecule has 2 heterocycles. The van der Waals surface area contributed by atoms with Crippen LogP contribution in [0.15, 0.2) is 61.2 Å². The van der Waals surface area contributed by atoms with Crippen molar-refractivity contribution in [3.63, 3.8) is 0 Å². The lowest BCUT2D eigenvalue weighted by atomic mass is 10.0. The van der Waals surface area contributed by atoms with Gasteiger partial charge < -0.3 is 14.8 Å². The van der Waals surface area contributed by atoms with E-state index in [1.54, 1.807) is 40.1 Å². The van der Waals surface area contributed by atoms with Crippen LogP contribution in [0.25, 0.3) is 5.69 Å². The normalized spacial score (nSPS) is 15.4. The third-order valence-electron chi connectivity index (χ3n) is 5.54. The van der Waals surface area contributed by atoms with E-state index in [0.29, 0.717) is 29.8 Å². The van der Waals surface area contributed by atoms with E-state index in [1.807, 2.05) is 0 Å². The predicted octanol–water partition coefficient (Wildman–Crippen LogP) is 4.48. The van der Waals surface area contributed by atoms with Crippen molar-refractivity contribution in [2.45, 2.75) is 31.6 Å². The van der Waals surface area contributed by atoms with Crippen LogP contribution < -0.4 is 5.32 Å². The minimum atomic E-state index is -4.46. The van der Waals surface area contributed by atoms with Crippen molar-refractivity contribution in [3.8, 4) is 5.69 Å². The molecular weight excluding hydrogens is 424 g/mol. The van der Waals surface area contributed by atoms with Crippen LogP contribution in [0.3, 0.4) is 0 Å². The van der Waals surface area contributed by atoms with Gasteiger partial charge in [-0.1, -0.05) is 18.2 Å². The molecule has 3 aromatic rings. The summed E-state index contributed by atoms with van der Waals surface area (Å²) >= 11 is 0. The van der Waals surface area contributed by atoms with E-state index in [1.165, 1.54) is 18.5 Å². The fourth-order valence-electron chi connectivity index (χ4n) is 3.85. The first kappa shape index (κ1) is 22.0. The smallest absolute Gasteiger partial charge is 0.341 e. The predicted molar refractivity (Wildman–Crippen MR) is 110 cm³/mol. The number of alkyl halides is 3. The molecule has 1 aliphatic rings. The van der Waals surface area contributed by atoms with Crippen LogP contribution in [0.1, 0.15) is 35.6 Å². The molecule has 9 heteroatoms. The standard InChI is InChI=1S/C23H22F4N4O/c24-19-11-16(6-7-21(19)31-10-8-28-15-31)13-29-20(14-30-9-2-5-22(30)32)17-3-1-4-18(12-17)23(25,26)27/h1,3-4,6-8,10-12,15,20,29H,2,5,9,13-14H2. The summed E-state index contributed by atoms with van der Waals surface area (Å²) in [4.78, 5) is 17.7. The van der Waals surface area contributed by atoms with Crippen LogP contribution in [-0.2, 0) is 17.5 Å². The van der Waals surface area contributed by atoms with Crippen LogP contribution in [0.5, 0.6) is 0 Å². The number of imidazole rings is 1. The van der Waals surface area contributed by atoms with Gasteiger partial charge in [-0.2, -0.15) is 13.2 Å². The van der Waals surface area contributed by atoms with Crippen molar-refractivity contribution in [1.29, 1.82) is 0 Å². The first-order valence-electron chi connectivity index (χ1n) is 10.3. The number of rotatable bonds is 7. The molecule has 32 heavy (non-hydrogen) atoms. The zero-order valence-electron chi connectivity index (χ0n) is 17.1. The molecule has 1 saturated heterocycles. The minimum Gasteiger partial charge on any atom is -0.341 e. The number of likely N-dealkylation sites (tertiary alicyclic amines) is 1. The fraction of sp³-hybridized carbons (Fsp3) is 0.304. The van der Waals surface area contributed by atoms with Gasteiger partial charge in [0.15, 0.2) is 0 Å². The average molecular weight is 446 g/mol. The Balaban J connectivity index is 1.54. The highest BCUT2D eigenvalue weighted by atomic mass is 19.4. The van der Waals surface area contributed by atoms with Gasteiger partial charge in [0, 0.05) is 38.4 Å². The zero-order chi connectivity index (χ0) is 22.7. The fourth-order valence-corrected chi connectivity index (χ4v) is 3.85. The van der Waals surface area contributed by atoms with Crippen LogP contribution in [-0.4, -0.2) is 33.4 Å². The maximum atomic E-state index is 14.6. The minimum absolute atomic E-state index is 0.0143. The lowest BCUT2D eigenvalue weighted by molar-refractivity contribution is -0.137. The van der Waals surface area contributed by atoms with Gasteiger partial charge in [-0.15, -0.1) is 0 Å². The molecule has 0 saturated carbocycles. The van der Waals surface area contributed by atoms with E-state index in [2.05, 4.69) is 10.3 Å². The number of carbonyl (C=O) groups excluding carboxylic acids is 1. The molecule has 0 radical (unpaired) electrons. The van der Waals surface area contributed by atoms with Crippen molar-refractivity contribution >= 4 is 5.91 Å². The Hall–Kier alpha value is -3.20. The van der Waals surface area contributed by atoms with Gasteiger partial charge in [-0.25, -0.2) is 9.37 Å². The average Bonchev–Trinajstić information content (AvgIpc) is 3.43. The summed E-state index contributed by atoms with van der Waals surface area (Å²) in [7, 11) is 0. The van der Waals surface area contributed by atoms with E-state index < -0.39 is 23.6 Å². The number of nitrogens with zero attached hydrogens (tertiary/aromatic N) is 3. The van der Waals surface area contributed by atoms with Crippen molar-refractivity contribution in [3.05, 3.63) is 83.7 Å². The molecule has 1 amide bonds. The summed E-state index contributed by atoms with van der Waals surface area (Å²) in [6.07, 6.45) is 1.38. The highest BCUT2D eigenvalue weighted by Gasteiger charge is 2.31. The van der Waals surface area contributed by atoms with Crippen LogP contribution in [0.2, 0.25) is 0 Å². The van der Waals surface area contributed by atoms with E-state index in [0.717, 1.165) is 18.6 Å². The van der Waals surface area contributed by atoms with Crippen LogP contribution in [0, 0.1) is 5.82 Å². The molecule has 1 N–H and O–H groups in total. The van der Waals surface area contributed by atoms with Gasteiger partial charge in [-0.05, 0) is 41.8 Å². The highest BCUT2D eigenvalue weighted by Crippen LogP contribution is 2.31. The number of carbonyl (C=O) groups is 1. The molecule has 1 aliphatic heterocycles.